The summed E-state index contributed by atoms with van der Waals surface area (Å²) >= 11 is 0. The number of hydrogen-bond acceptors (Lipinski definition) is 3. The Labute approximate surface area is 169 Å². The summed E-state index contributed by atoms with van der Waals surface area (Å²) in [5.41, 5.74) is 1.54. The van der Waals surface area contributed by atoms with Crippen LogP contribution < -0.4 is 0 Å². The van der Waals surface area contributed by atoms with Gasteiger partial charge in [-0.25, -0.2) is 0 Å². The second kappa shape index (κ2) is 4.59. The van der Waals surface area contributed by atoms with Crippen molar-refractivity contribution in [3.63, 3.8) is 0 Å². The molecule has 156 valence electrons. The van der Waals surface area contributed by atoms with Crippen molar-refractivity contribution in [1.29, 1.82) is 0 Å². The molecule has 0 aromatic heterocycles. The number of nitrogens with zero attached hydrogens (tertiary/aromatic N) is 1. The van der Waals surface area contributed by atoms with E-state index in [-0.39, 0.29) is 16.2 Å². The van der Waals surface area contributed by atoms with Crippen LogP contribution >= 0.6 is 0 Å². The summed E-state index contributed by atoms with van der Waals surface area (Å²) in [5, 5.41) is 11.1. The van der Waals surface area contributed by atoms with E-state index in [0.717, 1.165) is 25.2 Å². The van der Waals surface area contributed by atoms with Crippen LogP contribution in [0.5, 0.6) is 0 Å². The highest BCUT2D eigenvalue weighted by atomic mass is 17.0. The van der Waals surface area contributed by atoms with E-state index in [1.807, 2.05) is 0 Å². The van der Waals surface area contributed by atoms with Gasteiger partial charge in [0.15, 0.2) is 0 Å². The Bertz CT molecular complexity index is 738. The average molecular weight is 388 g/mol. The molecule has 4 atom stereocenters. The molecule has 8 fully saturated rings. The molecule has 8 aliphatic rings. The smallest absolute Gasteiger partial charge is 0.295 e. The van der Waals surface area contributed by atoms with Crippen molar-refractivity contribution >= 4 is 0 Å². The Morgan fingerprint density at radius 3 is 1.68 bits per heavy atom. The minimum atomic E-state index is -0.521. The molecule has 28 heavy (non-hydrogen) atoms. The first-order chi connectivity index (χ1) is 12.8. The molecular formula is C24H37NO3. The highest BCUT2D eigenvalue weighted by Gasteiger charge is 2.75. The van der Waals surface area contributed by atoms with Crippen molar-refractivity contribution in [2.75, 3.05) is 0 Å². The number of rotatable bonds is 3. The van der Waals surface area contributed by atoms with Crippen molar-refractivity contribution in [2.45, 2.75) is 110 Å². The van der Waals surface area contributed by atoms with Crippen LogP contribution in [0.4, 0.5) is 0 Å². The molecule has 0 radical (unpaired) electrons. The summed E-state index contributed by atoms with van der Waals surface area (Å²) in [7, 11) is 0. The largest absolute Gasteiger partial charge is 0.307 e. The Morgan fingerprint density at radius 1 is 0.679 bits per heavy atom. The monoisotopic (exact) mass is 387 g/mol. The zero-order chi connectivity index (χ0) is 19.8. The van der Waals surface area contributed by atoms with Gasteiger partial charge in [-0.1, -0.05) is 27.7 Å². The fourth-order valence-corrected chi connectivity index (χ4v) is 12.4. The van der Waals surface area contributed by atoms with Gasteiger partial charge >= 0.3 is 0 Å². The molecule has 8 saturated carbocycles. The quantitative estimate of drug-likeness (QED) is 0.421. The molecule has 8 bridgehead atoms. The fourth-order valence-electron chi connectivity index (χ4n) is 12.4. The van der Waals surface area contributed by atoms with Crippen LogP contribution in [-0.2, 0) is 4.84 Å². The Kier molecular flexibility index (Phi) is 2.95. The lowest BCUT2D eigenvalue weighted by atomic mass is 9.28. The van der Waals surface area contributed by atoms with Gasteiger partial charge in [0.1, 0.15) is 5.60 Å². The summed E-state index contributed by atoms with van der Waals surface area (Å²) in [6.07, 6.45) is 14.9. The molecule has 0 heterocycles. The molecule has 4 unspecified atom stereocenters. The molecule has 4 nitrogen and oxygen atoms in total. The zero-order valence-electron chi connectivity index (χ0n) is 18.2. The van der Waals surface area contributed by atoms with Gasteiger partial charge in [0, 0.05) is 0 Å². The normalized spacial score (nSPS) is 63.6. The van der Waals surface area contributed by atoms with Gasteiger partial charge in [-0.2, -0.15) is 0 Å². The highest BCUT2D eigenvalue weighted by Crippen LogP contribution is 2.82. The van der Waals surface area contributed by atoms with Crippen LogP contribution in [0.1, 0.15) is 105 Å². The van der Waals surface area contributed by atoms with Crippen LogP contribution in [0.15, 0.2) is 0 Å². The van der Waals surface area contributed by atoms with E-state index in [1.165, 1.54) is 57.8 Å². The summed E-state index contributed by atoms with van der Waals surface area (Å²) in [6, 6.07) is 0. The standard InChI is InChI=1S/C24H37NO3/c1-18-5-17-6-19(2,8-18)11-22(7-17,10-18)23-12-20(3)9-21(4,13-23)15-24(14-20,16-23)28-25(26)27/h17H,5-16H2,1-4H3. The lowest BCUT2D eigenvalue weighted by Gasteiger charge is -2.77. The summed E-state index contributed by atoms with van der Waals surface area (Å²) in [6.45, 7) is 9.99. The lowest BCUT2D eigenvalue weighted by molar-refractivity contribution is -0.787. The molecule has 0 aromatic rings. The third-order valence-electron chi connectivity index (χ3n) is 10.6. The van der Waals surface area contributed by atoms with E-state index in [4.69, 9.17) is 4.84 Å². The van der Waals surface area contributed by atoms with E-state index >= 15 is 0 Å². The first-order valence-corrected chi connectivity index (χ1v) is 11.7. The minimum Gasteiger partial charge on any atom is -0.307 e. The first-order valence-electron chi connectivity index (χ1n) is 11.7. The summed E-state index contributed by atoms with van der Waals surface area (Å²) in [4.78, 5) is 17.2. The lowest BCUT2D eigenvalue weighted by Crippen LogP contribution is -2.71. The third kappa shape index (κ3) is 2.18. The van der Waals surface area contributed by atoms with Gasteiger partial charge in [-0.05, 0) is 115 Å². The van der Waals surface area contributed by atoms with Gasteiger partial charge in [-0.3, -0.25) is 0 Å². The van der Waals surface area contributed by atoms with E-state index in [0.29, 0.717) is 16.2 Å². The van der Waals surface area contributed by atoms with Gasteiger partial charge in [-0.15, -0.1) is 10.1 Å². The predicted octanol–water partition coefficient (Wildman–Crippen LogP) is 6.31. The van der Waals surface area contributed by atoms with Crippen LogP contribution in [-0.4, -0.2) is 10.7 Å². The van der Waals surface area contributed by atoms with Crippen molar-refractivity contribution in [3.05, 3.63) is 10.1 Å². The maximum absolute atomic E-state index is 11.5. The molecule has 0 spiro atoms. The maximum atomic E-state index is 11.5. The topological polar surface area (TPSA) is 52.4 Å². The Balaban J connectivity index is 1.49. The van der Waals surface area contributed by atoms with Crippen LogP contribution in [0.25, 0.3) is 0 Å². The van der Waals surface area contributed by atoms with Crippen molar-refractivity contribution < 1.29 is 9.92 Å². The maximum Gasteiger partial charge on any atom is 0.295 e. The van der Waals surface area contributed by atoms with Crippen molar-refractivity contribution in [3.8, 4) is 0 Å². The first kappa shape index (κ1) is 18.0. The van der Waals surface area contributed by atoms with Gasteiger partial charge in [0.25, 0.3) is 5.09 Å². The zero-order valence-corrected chi connectivity index (χ0v) is 18.2. The van der Waals surface area contributed by atoms with E-state index in [9.17, 15) is 10.1 Å². The van der Waals surface area contributed by atoms with Crippen LogP contribution in [0.3, 0.4) is 0 Å². The molecular weight excluding hydrogens is 350 g/mol. The van der Waals surface area contributed by atoms with Crippen LogP contribution in [0, 0.1) is 48.5 Å². The number of hydrogen-bond donors (Lipinski definition) is 0. The van der Waals surface area contributed by atoms with Gasteiger partial charge < -0.3 is 4.84 Å². The molecule has 0 aromatic carbocycles. The van der Waals surface area contributed by atoms with Crippen molar-refractivity contribution in [1.82, 2.24) is 0 Å². The Hall–Kier alpha value is -0.800. The summed E-state index contributed by atoms with van der Waals surface area (Å²) < 4.78 is 0. The molecule has 0 saturated heterocycles. The van der Waals surface area contributed by atoms with Crippen molar-refractivity contribution in [2.24, 2.45) is 38.4 Å². The molecule has 0 aliphatic heterocycles. The Morgan fingerprint density at radius 2 is 1.18 bits per heavy atom. The second-order valence-corrected chi connectivity index (χ2v) is 14.4. The molecule has 0 amide bonds. The SMILES string of the molecule is CC12CC3CC(C)(C1)CC(C14CC5(C)CC(C)(CC(O[N+](=O)[O-])(C5)C1)C4)(C3)C2. The van der Waals surface area contributed by atoms with E-state index in [1.54, 1.807) is 0 Å². The van der Waals surface area contributed by atoms with Crippen LogP contribution in [0.2, 0.25) is 0 Å². The minimum absolute atomic E-state index is 0.213. The molecule has 0 N–H and O–H groups in total. The van der Waals surface area contributed by atoms with Gasteiger partial charge in [0.2, 0.25) is 0 Å². The van der Waals surface area contributed by atoms with E-state index in [2.05, 4.69) is 27.7 Å². The average Bonchev–Trinajstić information content (AvgIpc) is 2.36. The molecule has 4 heteroatoms. The second-order valence-electron chi connectivity index (χ2n) is 14.4. The van der Waals surface area contributed by atoms with Gasteiger partial charge in [0.05, 0.1) is 0 Å². The molecule has 8 aliphatic carbocycles. The van der Waals surface area contributed by atoms with E-state index < -0.39 is 10.7 Å². The summed E-state index contributed by atoms with van der Waals surface area (Å²) in [5.74, 6) is 0.882. The fraction of sp³-hybridized carbons (Fsp3) is 1.00. The predicted molar refractivity (Wildman–Crippen MR) is 107 cm³/mol. The molecule has 8 rings (SSSR count). The highest BCUT2D eigenvalue weighted by molar-refractivity contribution is 5.24. The third-order valence-corrected chi connectivity index (χ3v) is 10.6.